The highest BCUT2D eigenvalue weighted by Gasteiger charge is 2.15. The van der Waals surface area contributed by atoms with Gasteiger partial charge in [-0.15, -0.1) is 5.10 Å². The molecular formula is C7H8N4O2S. The molecule has 0 bridgehead atoms. The molecule has 74 valence electrons. The standard InChI is InChI=1S/C7H8N4O2S/c1-11-7-5(3-9-11)6(4-8-10-7)14(2,12)13/h3-4H,1-2H3. The van der Waals surface area contributed by atoms with E-state index in [1.54, 1.807) is 7.05 Å². The van der Waals surface area contributed by atoms with Crippen molar-refractivity contribution in [3.05, 3.63) is 12.4 Å². The summed E-state index contributed by atoms with van der Waals surface area (Å²) in [4.78, 5) is 0.163. The fourth-order valence-corrected chi connectivity index (χ4v) is 2.01. The van der Waals surface area contributed by atoms with Crippen LogP contribution in [-0.4, -0.2) is 34.7 Å². The van der Waals surface area contributed by atoms with Gasteiger partial charge in [-0.25, -0.2) is 13.1 Å². The van der Waals surface area contributed by atoms with Crippen LogP contribution < -0.4 is 0 Å². The Kier molecular flexibility index (Phi) is 1.78. The summed E-state index contributed by atoms with van der Waals surface area (Å²) in [6.45, 7) is 0. The summed E-state index contributed by atoms with van der Waals surface area (Å²) < 4.78 is 24.2. The van der Waals surface area contributed by atoms with E-state index in [1.807, 2.05) is 0 Å². The van der Waals surface area contributed by atoms with Gasteiger partial charge in [-0.1, -0.05) is 0 Å². The van der Waals surface area contributed by atoms with E-state index in [9.17, 15) is 8.42 Å². The van der Waals surface area contributed by atoms with Gasteiger partial charge in [-0.05, 0) is 0 Å². The third-order valence-electron chi connectivity index (χ3n) is 1.90. The Morgan fingerprint density at radius 1 is 1.36 bits per heavy atom. The summed E-state index contributed by atoms with van der Waals surface area (Å²) in [6.07, 6.45) is 3.84. The molecular weight excluding hydrogens is 204 g/mol. The summed E-state index contributed by atoms with van der Waals surface area (Å²) in [7, 11) is -1.59. The van der Waals surface area contributed by atoms with E-state index in [4.69, 9.17) is 0 Å². The second-order valence-corrected chi connectivity index (χ2v) is 4.97. The maximum Gasteiger partial charge on any atom is 0.181 e. The smallest absolute Gasteiger partial charge is 0.181 e. The third kappa shape index (κ3) is 1.25. The normalized spacial score (nSPS) is 12.1. The lowest BCUT2D eigenvalue weighted by molar-refractivity contribution is 0.602. The van der Waals surface area contributed by atoms with Crippen molar-refractivity contribution in [3.63, 3.8) is 0 Å². The number of aryl methyl sites for hydroxylation is 1. The Morgan fingerprint density at radius 2 is 2.07 bits per heavy atom. The Bertz CT molecular complexity index is 587. The monoisotopic (exact) mass is 212 g/mol. The van der Waals surface area contributed by atoms with Crippen molar-refractivity contribution in [1.82, 2.24) is 20.0 Å². The van der Waals surface area contributed by atoms with Gasteiger partial charge in [-0.3, -0.25) is 0 Å². The third-order valence-corrected chi connectivity index (χ3v) is 3.02. The number of fused-ring (bicyclic) bond motifs is 1. The van der Waals surface area contributed by atoms with Crippen LogP contribution in [0.4, 0.5) is 0 Å². The fraction of sp³-hybridized carbons (Fsp3) is 0.286. The largest absolute Gasteiger partial charge is 0.249 e. The molecule has 0 amide bonds. The van der Waals surface area contributed by atoms with Gasteiger partial charge in [0.25, 0.3) is 0 Å². The molecule has 0 fully saturated rings. The van der Waals surface area contributed by atoms with Gasteiger partial charge in [0, 0.05) is 13.3 Å². The topological polar surface area (TPSA) is 77.7 Å². The molecule has 0 unspecified atom stereocenters. The maximum atomic E-state index is 11.4. The highest BCUT2D eigenvalue weighted by Crippen LogP contribution is 2.18. The van der Waals surface area contributed by atoms with Gasteiger partial charge in [-0.2, -0.15) is 10.2 Å². The van der Waals surface area contributed by atoms with Gasteiger partial charge in [0.2, 0.25) is 0 Å². The molecule has 0 saturated carbocycles. The Hall–Kier alpha value is -1.50. The Labute approximate surface area is 80.5 Å². The van der Waals surface area contributed by atoms with Crippen molar-refractivity contribution in [3.8, 4) is 0 Å². The first-order chi connectivity index (χ1) is 6.50. The van der Waals surface area contributed by atoms with Gasteiger partial charge >= 0.3 is 0 Å². The predicted octanol–water partition coefficient (Wildman–Crippen LogP) is -0.233. The Morgan fingerprint density at radius 3 is 2.71 bits per heavy atom. The molecule has 2 heterocycles. The molecule has 0 atom stereocenters. The van der Waals surface area contributed by atoms with E-state index in [0.717, 1.165) is 6.26 Å². The molecule has 0 N–H and O–H groups in total. The minimum absolute atomic E-state index is 0.163. The zero-order valence-electron chi connectivity index (χ0n) is 7.67. The number of hydrogen-bond donors (Lipinski definition) is 0. The van der Waals surface area contributed by atoms with Crippen molar-refractivity contribution in [2.24, 2.45) is 7.05 Å². The first-order valence-electron chi connectivity index (χ1n) is 3.83. The van der Waals surface area contributed by atoms with Gasteiger partial charge in [0.15, 0.2) is 15.5 Å². The molecule has 0 aliphatic heterocycles. The molecule has 7 heteroatoms. The molecule has 6 nitrogen and oxygen atoms in total. The van der Waals surface area contributed by atoms with Crippen LogP contribution in [-0.2, 0) is 16.9 Å². The molecule has 2 aromatic rings. The zero-order valence-corrected chi connectivity index (χ0v) is 8.48. The second-order valence-electron chi connectivity index (χ2n) is 2.99. The number of aromatic nitrogens is 4. The van der Waals surface area contributed by atoms with E-state index in [-0.39, 0.29) is 4.90 Å². The molecule has 0 saturated heterocycles. The van der Waals surface area contributed by atoms with E-state index in [1.165, 1.54) is 17.1 Å². The maximum absolute atomic E-state index is 11.4. The summed E-state index contributed by atoms with van der Waals surface area (Å²) in [5.74, 6) is 0. The first-order valence-corrected chi connectivity index (χ1v) is 5.73. The molecule has 0 aliphatic rings. The predicted molar refractivity (Wildman–Crippen MR) is 49.4 cm³/mol. The molecule has 14 heavy (non-hydrogen) atoms. The van der Waals surface area contributed by atoms with E-state index in [2.05, 4.69) is 15.3 Å². The lowest BCUT2D eigenvalue weighted by atomic mass is 10.4. The van der Waals surface area contributed by atoms with Crippen molar-refractivity contribution in [2.75, 3.05) is 6.26 Å². The van der Waals surface area contributed by atoms with E-state index < -0.39 is 9.84 Å². The number of sulfone groups is 1. The quantitative estimate of drug-likeness (QED) is 0.652. The molecule has 0 aliphatic carbocycles. The van der Waals surface area contributed by atoms with Crippen LogP contribution in [0.1, 0.15) is 0 Å². The fourth-order valence-electron chi connectivity index (χ4n) is 1.22. The highest BCUT2D eigenvalue weighted by molar-refractivity contribution is 7.91. The van der Waals surface area contributed by atoms with Crippen LogP contribution in [0, 0.1) is 0 Å². The lowest BCUT2D eigenvalue weighted by Crippen LogP contribution is -2.01. The van der Waals surface area contributed by atoms with E-state index in [0.29, 0.717) is 11.0 Å². The van der Waals surface area contributed by atoms with Crippen LogP contribution in [0.25, 0.3) is 11.0 Å². The number of rotatable bonds is 1. The lowest BCUT2D eigenvalue weighted by Gasteiger charge is -1.97. The van der Waals surface area contributed by atoms with Crippen LogP contribution in [0.5, 0.6) is 0 Å². The SMILES string of the molecule is Cn1ncc2c(S(C)(=O)=O)cnnc21. The molecule has 0 radical (unpaired) electrons. The Balaban J connectivity index is 2.92. The second kappa shape index (κ2) is 2.74. The summed E-state index contributed by atoms with van der Waals surface area (Å²) in [5, 5.41) is 11.8. The van der Waals surface area contributed by atoms with Gasteiger partial charge < -0.3 is 0 Å². The molecule has 0 spiro atoms. The van der Waals surface area contributed by atoms with Crippen molar-refractivity contribution >= 4 is 20.9 Å². The summed E-state index contributed by atoms with van der Waals surface area (Å²) >= 11 is 0. The van der Waals surface area contributed by atoms with Crippen LogP contribution in [0.15, 0.2) is 17.3 Å². The average Bonchev–Trinajstić information content (AvgIpc) is 2.46. The first kappa shape index (κ1) is 9.07. The minimum Gasteiger partial charge on any atom is -0.249 e. The molecule has 2 aromatic heterocycles. The molecule has 2 rings (SSSR count). The van der Waals surface area contributed by atoms with Gasteiger partial charge in [0.05, 0.1) is 22.7 Å². The average molecular weight is 212 g/mol. The van der Waals surface area contributed by atoms with Crippen molar-refractivity contribution in [2.45, 2.75) is 4.90 Å². The van der Waals surface area contributed by atoms with Gasteiger partial charge in [0.1, 0.15) is 0 Å². The van der Waals surface area contributed by atoms with Crippen molar-refractivity contribution in [1.29, 1.82) is 0 Å². The minimum atomic E-state index is -3.27. The molecule has 0 aromatic carbocycles. The van der Waals surface area contributed by atoms with Crippen LogP contribution >= 0.6 is 0 Å². The number of nitrogens with zero attached hydrogens (tertiary/aromatic N) is 4. The van der Waals surface area contributed by atoms with Crippen LogP contribution in [0.2, 0.25) is 0 Å². The zero-order chi connectivity index (χ0) is 10.3. The highest BCUT2D eigenvalue weighted by atomic mass is 32.2. The van der Waals surface area contributed by atoms with E-state index >= 15 is 0 Å². The van der Waals surface area contributed by atoms with Crippen molar-refractivity contribution < 1.29 is 8.42 Å². The summed E-state index contributed by atoms with van der Waals surface area (Å²) in [5.41, 5.74) is 0.466. The number of hydrogen-bond acceptors (Lipinski definition) is 5. The summed E-state index contributed by atoms with van der Waals surface area (Å²) in [6, 6.07) is 0. The van der Waals surface area contributed by atoms with Crippen LogP contribution in [0.3, 0.4) is 0 Å².